The number of aromatic amines is 1. The largest absolute Gasteiger partial charge is 0.369 e. The molecule has 0 radical (unpaired) electrons. The van der Waals surface area contributed by atoms with Crippen LogP contribution in [0.1, 0.15) is 28.7 Å². The van der Waals surface area contributed by atoms with Gasteiger partial charge >= 0.3 is 0 Å². The molecule has 19 heavy (non-hydrogen) atoms. The SMILES string of the molecule is CCNc1ccc(C(=O)NCc2cn[nH]c2C)nn1. The lowest BCUT2D eigenvalue weighted by Crippen LogP contribution is -2.24. The maximum atomic E-state index is 11.9. The summed E-state index contributed by atoms with van der Waals surface area (Å²) in [5, 5.41) is 20.3. The number of rotatable bonds is 5. The van der Waals surface area contributed by atoms with Crippen LogP contribution in [0.25, 0.3) is 0 Å². The molecule has 0 aliphatic rings. The van der Waals surface area contributed by atoms with E-state index in [-0.39, 0.29) is 5.91 Å². The molecule has 0 bridgehead atoms. The molecule has 2 rings (SSSR count). The number of anilines is 1. The molecule has 100 valence electrons. The zero-order chi connectivity index (χ0) is 13.7. The van der Waals surface area contributed by atoms with Crippen LogP contribution in [-0.4, -0.2) is 32.8 Å². The molecular formula is C12H16N6O. The van der Waals surface area contributed by atoms with Crippen LogP contribution in [0.2, 0.25) is 0 Å². The summed E-state index contributed by atoms with van der Waals surface area (Å²) in [6, 6.07) is 3.37. The molecule has 2 aromatic heterocycles. The molecule has 7 nitrogen and oxygen atoms in total. The van der Waals surface area contributed by atoms with Gasteiger partial charge in [-0.15, -0.1) is 10.2 Å². The Bertz CT molecular complexity index is 548. The number of aryl methyl sites for hydroxylation is 1. The third-order valence-corrected chi connectivity index (χ3v) is 2.63. The van der Waals surface area contributed by atoms with E-state index in [0.717, 1.165) is 17.8 Å². The lowest BCUT2D eigenvalue weighted by Gasteiger charge is -2.04. The number of hydrogen-bond donors (Lipinski definition) is 3. The normalized spacial score (nSPS) is 10.2. The second kappa shape index (κ2) is 5.94. The number of carbonyl (C=O) groups excluding carboxylic acids is 1. The minimum Gasteiger partial charge on any atom is -0.369 e. The summed E-state index contributed by atoms with van der Waals surface area (Å²) in [6.45, 7) is 5.05. The average molecular weight is 260 g/mol. The monoisotopic (exact) mass is 260 g/mol. The standard InChI is InChI=1S/C12H16N6O/c1-3-13-11-5-4-10(17-18-11)12(19)14-6-9-7-15-16-8(9)2/h4-5,7H,3,6H2,1-2H3,(H,13,18)(H,14,19)(H,15,16). The number of nitrogens with zero attached hydrogens (tertiary/aromatic N) is 3. The fourth-order valence-corrected chi connectivity index (χ4v) is 1.55. The predicted octanol–water partition coefficient (Wildman–Crippen LogP) is 0.870. The van der Waals surface area contributed by atoms with Crippen LogP contribution in [0.15, 0.2) is 18.3 Å². The Morgan fingerprint density at radius 1 is 1.37 bits per heavy atom. The first-order valence-electron chi connectivity index (χ1n) is 6.05. The Labute approximate surface area is 110 Å². The first-order chi connectivity index (χ1) is 9.20. The highest BCUT2D eigenvalue weighted by Gasteiger charge is 2.09. The Morgan fingerprint density at radius 2 is 2.21 bits per heavy atom. The molecule has 0 aliphatic carbocycles. The van der Waals surface area contributed by atoms with E-state index in [2.05, 4.69) is 31.0 Å². The van der Waals surface area contributed by atoms with Crippen molar-refractivity contribution in [1.29, 1.82) is 0 Å². The molecule has 0 unspecified atom stereocenters. The quantitative estimate of drug-likeness (QED) is 0.741. The number of aromatic nitrogens is 4. The van der Waals surface area contributed by atoms with Crippen molar-refractivity contribution in [3.05, 3.63) is 35.3 Å². The Kier molecular flexibility index (Phi) is 4.07. The zero-order valence-corrected chi connectivity index (χ0v) is 10.9. The van der Waals surface area contributed by atoms with Crippen molar-refractivity contribution >= 4 is 11.7 Å². The van der Waals surface area contributed by atoms with Gasteiger partial charge in [-0.1, -0.05) is 0 Å². The van der Waals surface area contributed by atoms with E-state index in [4.69, 9.17) is 0 Å². The van der Waals surface area contributed by atoms with Crippen LogP contribution in [0.3, 0.4) is 0 Å². The van der Waals surface area contributed by atoms with Crippen LogP contribution in [0.5, 0.6) is 0 Å². The van der Waals surface area contributed by atoms with E-state index in [9.17, 15) is 4.79 Å². The Morgan fingerprint density at radius 3 is 2.79 bits per heavy atom. The minimum atomic E-state index is -0.254. The van der Waals surface area contributed by atoms with Gasteiger partial charge in [0.15, 0.2) is 5.69 Å². The minimum absolute atomic E-state index is 0.254. The lowest BCUT2D eigenvalue weighted by molar-refractivity contribution is 0.0945. The van der Waals surface area contributed by atoms with Crippen LogP contribution < -0.4 is 10.6 Å². The van der Waals surface area contributed by atoms with Crippen molar-refractivity contribution < 1.29 is 4.79 Å². The van der Waals surface area contributed by atoms with E-state index < -0.39 is 0 Å². The molecule has 0 atom stereocenters. The van der Waals surface area contributed by atoms with E-state index in [1.54, 1.807) is 18.3 Å². The van der Waals surface area contributed by atoms with Crippen molar-refractivity contribution in [3.8, 4) is 0 Å². The van der Waals surface area contributed by atoms with Crippen molar-refractivity contribution in [3.63, 3.8) is 0 Å². The fraction of sp³-hybridized carbons (Fsp3) is 0.333. The molecule has 0 aromatic carbocycles. The molecule has 0 saturated carbocycles. The Balaban J connectivity index is 1.94. The van der Waals surface area contributed by atoms with Crippen LogP contribution >= 0.6 is 0 Å². The van der Waals surface area contributed by atoms with E-state index in [1.807, 2.05) is 13.8 Å². The van der Waals surface area contributed by atoms with Crippen molar-refractivity contribution in [1.82, 2.24) is 25.7 Å². The molecule has 0 aliphatic heterocycles. The molecular weight excluding hydrogens is 244 g/mol. The average Bonchev–Trinajstić information content (AvgIpc) is 2.83. The van der Waals surface area contributed by atoms with Gasteiger partial charge in [-0.2, -0.15) is 5.10 Å². The number of amides is 1. The van der Waals surface area contributed by atoms with Gasteiger partial charge in [-0.25, -0.2) is 0 Å². The molecule has 7 heteroatoms. The molecule has 0 saturated heterocycles. The maximum Gasteiger partial charge on any atom is 0.272 e. The summed E-state index contributed by atoms with van der Waals surface area (Å²) in [6.07, 6.45) is 1.69. The fourth-order valence-electron chi connectivity index (χ4n) is 1.55. The van der Waals surface area contributed by atoms with Crippen molar-refractivity contribution in [2.75, 3.05) is 11.9 Å². The second-order valence-corrected chi connectivity index (χ2v) is 4.04. The number of carbonyl (C=O) groups is 1. The van der Waals surface area contributed by atoms with E-state index >= 15 is 0 Å². The van der Waals surface area contributed by atoms with Gasteiger partial charge in [-0.05, 0) is 26.0 Å². The van der Waals surface area contributed by atoms with E-state index in [1.165, 1.54) is 0 Å². The first kappa shape index (κ1) is 13.0. The topological polar surface area (TPSA) is 95.6 Å². The van der Waals surface area contributed by atoms with Gasteiger partial charge in [0.1, 0.15) is 5.82 Å². The molecule has 3 N–H and O–H groups in total. The summed E-state index contributed by atoms with van der Waals surface area (Å²) in [5.74, 6) is 0.404. The molecule has 0 fully saturated rings. The highest BCUT2D eigenvalue weighted by atomic mass is 16.1. The summed E-state index contributed by atoms with van der Waals surface area (Å²) < 4.78 is 0. The molecule has 1 amide bonds. The third kappa shape index (κ3) is 3.27. The van der Waals surface area contributed by atoms with Crippen LogP contribution in [-0.2, 0) is 6.54 Å². The highest BCUT2D eigenvalue weighted by Crippen LogP contribution is 2.04. The number of hydrogen-bond acceptors (Lipinski definition) is 5. The summed E-state index contributed by atoms with van der Waals surface area (Å²) in [5.41, 5.74) is 2.18. The molecule has 2 heterocycles. The second-order valence-electron chi connectivity index (χ2n) is 4.04. The molecule has 2 aromatic rings. The zero-order valence-electron chi connectivity index (χ0n) is 10.9. The van der Waals surface area contributed by atoms with Crippen molar-refractivity contribution in [2.45, 2.75) is 20.4 Å². The van der Waals surface area contributed by atoms with Crippen LogP contribution in [0, 0.1) is 6.92 Å². The smallest absolute Gasteiger partial charge is 0.272 e. The predicted molar refractivity (Wildman–Crippen MR) is 70.7 cm³/mol. The van der Waals surface area contributed by atoms with Gasteiger partial charge in [-0.3, -0.25) is 9.89 Å². The van der Waals surface area contributed by atoms with Crippen LogP contribution in [0.4, 0.5) is 5.82 Å². The summed E-state index contributed by atoms with van der Waals surface area (Å²) in [4.78, 5) is 11.9. The number of nitrogens with one attached hydrogen (secondary N) is 3. The van der Waals surface area contributed by atoms with Gasteiger partial charge in [0.2, 0.25) is 0 Å². The van der Waals surface area contributed by atoms with Gasteiger partial charge in [0.05, 0.1) is 6.20 Å². The third-order valence-electron chi connectivity index (χ3n) is 2.63. The highest BCUT2D eigenvalue weighted by molar-refractivity contribution is 5.92. The number of H-pyrrole nitrogens is 1. The summed E-state index contributed by atoms with van der Waals surface area (Å²) in [7, 11) is 0. The Hall–Kier alpha value is -2.44. The lowest BCUT2D eigenvalue weighted by atomic mass is 10.2. The summed E-state index contributed by atoms with van der Waals surface area (Å²) >= 11 is 0. The maximum absolute atomic E-state index is 11.9. The molecule has 0 spiro atoms. The van der Waals surface area contributed by atoms with Gasteiger partial charge < -0.3 is 10.6 Å². The van der Waals surface area contributed by atoms with Gasteiger partial charge in [0.25, 0.3) is 5.91 Å². The van der Waals surface area contributed by atoms with Crippen molar-refractivity contribution in [2.24, 2.45) is 0 Å². The van der Waals surface area contributed by atoms with E-state index in [0.29, 0.717) is 18.1 Å². The van der Waals surface area contributed by atoms with Gasteiger partial charge in [0, 0.05) is 24.3 Å². The first-order valence-corrected chi connectivity index (χ1v) is 6.05.